The van der Waals surface area contributed by atoms with Crippen molar-refractivity contribution < 1.29 is 4.74 Å². The monoisotopic (exact) mass is 222 g/mol. The fraction of sp³-hybridized carbons (Fsp3) is 0.400. The molecular weight excluding hydrogens is 208 g/mol. The Morgan fingerprint density at radius 1 is 1.56 bits per heavy atom. The molecule has 1 aliphatic rings. The number of rotatable bonds is 2. The molecule has 0 spiro atoms. The topological polar surface area (TPSA) is 96.2 Å². The molecule has 86 valence electrons. The maximum atomic E-state index is 11.6. The van der Waals surface area contributed by atoms with Gasteiger partial charge in [-0.2, -0.15) is 4.98 Å². The van der Waals surface area contributed by atoms with Crippen molar-refractivity contribution >= 4 is 5.82 Å². The highest BCUT2D eigenvalue weighted by Gasteiger charge is 2.26. The molecule has 0 aliphatic carbocycles. The first-order valence-electron chi connectivity index (χ1n) is 5.09. The lowest BCUT2D eigenvalue weighted by atomic mass is 10.2. The zero-order valence-electron chi connectivity index (χ0n) is 8.96. The maximum Gasteiger partial charge on any atom is 0.351 e. The van der Waals surface area contributed by atoms with Crippen LogP contribution >= 0.6 is 0 Å². The molecule has 6 nitrogen and oxygen atoms in total. The van der Waals surface area contributed by atoms with E-state index in [0.29, 0.717) is 5.70 Å². The van der Waals surface area contributed by atoms with Crippen LogP contribution < -0.4 is 17.2 Å². The van der Waals surface area contributed by atoms with E-state index < -0.39 is 11.9 Å². The number of nitrogens with zero attached hydrogens (tertiary/aromatic N) is 2. The molecule has 16 heavy (non-hydrogen) atoms. The Balaban J connectivity index is 2.33. The molecule has 2 atom stereocenters. The summed E-state index contributed by atoms with van der Waals surface area (Å²) in [7, 11) is 0. The van der Waals surface area contributed by atoms with E-state index in [1.54, 1.807) is 0 Å². The van der Waals surface area contributed by atoms with Crippen LogP contribution in [0.25, 0.3) is 0 Å². The molecule has 0 unspecified atom stereocenters. The van der Waals surface area contributed by atoms with Gasteiger partial charge in [-0.25, -0.2) is 4.79 Å². The summed E-state index contributed by atoms with van der Waals surface area (Å²) in [5.74, 6) is 0.189. The molecule has 0 saturated heterocycles. The van der Waals surface area contributed by atoms with Gasteiger partial charge in [0.25, 0.3) is 0 Å². The Kier molecular flexibility index (Phi) is 2.66. The van der Waals surface area contributed by atoms with Gasteiger partial charge in [0.15, 0.2) is 6.23 Å². The summed E-state index contributed by atoms with van der Waals surface area (Å²) in [6.07, 6.45) is 3.55. The number of ether oxygens (including phenoxy) is 1. The van der Waals surface area contributed by atoms with Crippen molar-refractivity contribution in [3.63, 3.8) is 0 Å². The molecule has 1 aliphatic heterocycles. The van der Waals surface area contributed by atoms with Crippen molar-refractivity contribution in [3.8, 4) is 0 Å². The number of aromatic nitrogens is 2. The summed E-state index contributed by atoms with van der Waals surface area (Å²) in [5, 5.41) is 0. The van der Waals surface area contributed by atoms with Crippen molar-refractivity contribution in [2.45, 2.75) is 25.7 Å². The van der Waals surface area contributed by atoms with E-state index in [-0.39, 0.29) is 11.9 Å². The fourth-order valence-electron chi connectivity index (χ4n) is 1.62. The quantitative estimate of drug-likeness (QED) is 0.732. The molecule has 1 aromatic heterocycles. The molecule has 0 amide bonds. The minimum Gasteiger partial charge on any atom is -0.399 e. The molecule has 0 bridgehead atoms. The number of nitrogen functional groups attached to an aromatic ring is 1. The fourth-order valence-corrected chi connectivity index (χ4v) is 1.62. The Bertz CT molecular complexity index is 480. The minimum atomic E-state index is -0.564. The third-order valence-corrected chi connectivity index (χ3v) is 2.47. The van der Waals surface area contributed by atoms with Crippen LogP contribution in [0, 0.1) is 0 Å². The van der Waals surface area contributed by atoms with Crippen LogP contribution in [-0.4, -0.2) is 15.7 Å². The lowest BCUT2D eigenvalue weighted by molar-refractivity contribution is 0.00844. The molecule has 2 rings (SSSR count). The second-order valence-electron chi connectivity index (χ2n) is 3.64. The first-order chi connectivity index (χ1) is 7.61. The van der Waals surface area contributed by atoms with Gasteiger partial charge in [0, 0.05) is 6.20 Å². The number of hydrogen-bond donors (Lipinski definition) is 2. The van der Waals surface area contributed by atoms with Crippen LogP contribution in [0.3, 0.4) is 0 Å². The minimum absolute atomic E-state index is 0.0468. The largest absolute Gasteiger partial charge is 0.399 e. The highest BCUT2D eigenvalue weighted by atomic mass is 16.5. The van der Waals surface area contributed by atoms with Crippen molar-refractivity contribution in [1.29, 1.82) is 0 Å². The van der Waals surface area contributed by atoms with E-state index in [0.717, 1.165) is 6.42 Å². The van der Waals surface area contributed by atoms with E-state index in [9.17, 15) is 4.79 Å². The highest BCUT2D eigenvalue weighted by Crippen LogP contribution is 2.25. The molecule has 4 N–H and O–H groups in total. The molecule has 0 fully saturated rings. The van der Waals surface area contributed by atoms with Gasteiger partial charge in [0.1, 0.15) is 5.82 Å². The first-order valence-corrected chi connectivity index (χ1v) is 5.09. The third-order valence-electron chi connectivity index (χ3n) is 2.47. The third kappa shape index (κ3) is 1.79. The Hall–Kier alpha value is -1.82. The normalized spacial score (nSPS) is 24.4. The Morgan fingerprint density at radius 2 is 2.31 bits per heavy atom. The van der Waals surface area contributed by atoms with Crippen molar-refractivity contribution in [3.05, 3.63) is 34.5 Å². The lowest BCUT2D eigenvalue weighted by Gasteiger charge is -2.16. The van der Waals surface area contributed by atoms with Gasteiger partial charge in [-0.15, -0.1) is 0 Å². The Labute approximate surface area is 92.5 Å². The van der Waals surface area contributed by atoms with Gasteiger partial charge < -0.3 is 16.2 Å². The van der Waals surface area contributed by atoms with E-state index >= 15 is 0 Å². The van der Waals surface area contributed by atoms with Crippen molar-refractivity contribution in [2.24, 2.45) is 5.73 Å². The average molecular weight is 222 g/mol. The second kappa shape index (κ2) is 3.97. The van der Waals surface area contributed by atoms with Gasteiger partial charge in [-0.3, -0.25) is 4.57 Å². The number of nitrogens with two attached hydrogens (primary N) is 2. The van der Waals surface area contributed by atoms with Crippen molar-refractivity contribution in [1.82, 2.24) is 9.55 Å². The van der Waals surface area contributed by atoms with E-state index in [1.165, 1.54) is 16.8 Å². The summed E-state index contributed by atoms with van der Waals surface area (Å²) in [6, 6.07) is 1.54. The van der Waals surface area contributed by atoms with Crippen LogP contribution in [0.4, 0.5) is 5.82 Å². The van der Waals surface area contributed by atoms with Gasteiger partial charge >= 0.3 is 5.69 Å². The average Bonchev–Trinajstić information content (AvgIpc) is 2.60. The summed E-state index contributed by atoms with van der Waals surface area (Å²) < 4.78 is 6.93. The maximum absolute atomic E-state index is 11.6. The molecule has 0 radical (unpaired) electrons. The summed E-state index contributed by atoms with van der Waals surface area (Å²) >= 11 is 0. The molecule has 2 heterocycles. The van der Waals surface area contributed by atoms with Gasteiger partial charge in [-0.1, -0.05) is 6.92 Å². The lowest BCUT2D eigenvalue weighted by Crippen LogP contribution is -2.30. The van der Waals surface area contributed by atoms with Crippen molar-refractivity contribution in [2.75, 3.05) is 5.73 Å². The number of anilines is 1. The molecule has 6 heteroatoms. The van der Waals surface area contributed by atoms with E-state index in [4.69, 9.17) is 16.2 Å². The SMILES string of the molecule is CC[C@@H]1C=C(N)[C@H](n2ccc(N)nc2=O)O1. The highest BCUT2D eigenvalue weighted by molar-refractivity contribution is 5.24. The molecule has 0 saturated carbocycles. The number of hydrogen-bond acceptors (Lipinski definition) is 5. The molecule has 1 aromatic rings. The summed E-state index contributed by atoms with van der Waals surface area (Å²) in [4.78, 5) is 15.2. The van der Waals surface area contributed by atoms with Crippen LogP contribution in [0.15, 0.2) is 28.8 Å². The van der Waals surface area contributed by atoms with E-state index in [1.807, 2.05) is 13.0 Å². The van der Waals surface area contributed by atoms with Crippen LogP contribution in [0.5, 0.6) is 0 Å². The predicted molar refractivity (Wildman–Crippen MR) is 59.4 cm³/mol. The second-order valence-corrected chi connectivity index (χ2v) is 3.64. The van der Waals surface area contributed by atoms with Crippen LogP contribution in [-0.2, 0) is 4.74 Å². The van der Waals surface area contributed by atoms with E-state index in [2.05, 4.69) is 4.98 Å². The molecule has 0 aromatic carbocycles. The summed E-state index contributed by atoms with van der Waals surface area (Å²) in [6.45, 7) is 1.99. The summed E-state index contributed by atoms with van der Waals surface area (Å²) in [5.41, 5.74) is 11.3. The zero-order valence-corrected chi connectivity index (χ0v) is 8.96. The first kappa shape index (κ1) is 10.7. The molecular formula is C10H14N4O2. The van der Waals surface area contributed by atoms with Crippen LogP contribution in [0.1, 0.15) is 19.6 Å². The predicted octanol–water partition coefficient (Wildman–Crippen LogP) is -0.0245. The van der Waals surface area contributed by atoms with Crippen LogP contribution in [0.2, 0.25) is 0 Å². The van der Waals surface area contributed by atoms with Gasteiger partial charge in [-0.05, 0) is 18.6 Å². The van der Waals surface area contributed by atoms with Gasteiger partial charge in [0.2, 0.25) is 0 Å². The standard InChI is InChI=1S/C10H14N4O2/c1-2-6-5-7(11)9(16-6)14-4-3-8(12)13-10(14)15/h3-6,9H,2,11H2,1H3,(H2,12,13,15)/t6-,9-/m1/s1. The zero-order chi connectivity index (χ0) is 11.7. The van der Waals surface area contributed by atoms with Gasteiger partial charge in [0.05, 0.1) is 11.8 Å². The smallest absolute Gasteiger partial charge is 0.351 e. The Morgan fingerprint density at radius 3 is 2.88 bits per heavy atom.